The molecule has 0 radical (unpaired) electrons. The van der Waals surface area contributed by atoms with Crippen molar-refractivity contribution >= 4 is 21.8 Å². The lowest BCUT2D eigenvalue weighted by molar-refractivity contribution is 0.0950. The van der Waals surface area contributed by atoms with Crippen molar-refractivity contribution in [3.05, 3.63) is 76.7 Å². The fourth-order valence-electron chi connectivity index (χ4n) is 2.42. The summed E-state index contributed by atoms with van der Waals surface area (Å²) in [5.74, 6) is 0.442. The van der Waals surface area contributed by atoms with E-state index in [2.05, 4.69) is 31.2 Å². The van der Waals surface area contributed by atoms with Crippen LogP contribution in [0.2, 0.25) is 0 Å². The molecule has 0 saturated heterocycles. The summed E-state index contributed by atoms with van der Waals surface area (Å²) in [6.45, 7) is 0.362. The van der Waals surface area contributed by atoms with Crippen LogP contribution < -0.4 is 10.1 Å². The summed E-state index contributed by atoms with van der Waals surface area (Å²) in [7, 11) is 1.57. The van der Waals surface area contributed by atoms with Crippen molar-refractivity contribution in [1.29, 1.82) is 0 Å². The Morgan fingerprint density at radius 2 is 2.04 bits per heavy atom. The number of pyridine rings is 2. The largest absolute Gasteiger partial charge is 0.497 e. The van der Waals surface area contributed by atoms with Crippen molar-refractivity contribution in [2.24, 2.45) is 0 Å². The molecule has 25 heavy (non-hydrogen) atoms. The van der Waals surface area contributed by atoms with Gasteiger partial charge in [-0.15, -0.1) is 0 Å². The number of nitrogens with one attached hydrogen (secondary N) is 1. The molecule has 126 valence electrons. The molecule has 0 bridgehead atoms. The van der Waals surface area contributed by atoms with Gasteiger partial charge in [-0.05, 0) is 57.9 Å². The SMILES string of the molecule is COc1ccc(Br)c(C(=O)NCc2cccnc2-c2cccnc2)c1. The van der Waals surface area contributed by atoms with E-state index in [0.29, 0.717) is 22.3 Å². The molecule has 0 spiro atoms. The van der Waals surface area contributed by atoms with Gasteiger partial charge in [0.15, 0.2) is 0 Å². The molecule has 0 atom stereocenters. The molecule has 1 amide bonds. The first-order valence-corrected chi connectivity index (χ1v) is 8.44. The first kappa shape index (κ1) is 17.1. The lowest BCUT2D eigenvalue weighted by Crippen LogP contribution is -2.23. The number of carbonyl (C=O) groups excluding carboxylic acids is 1. The minimum Gasteiger partial charge on any atom is -0.497 e. The maximum Gasteiger partial charge on any atom is 0.252 e. The third-order valence-electron chi connectivity index (χ3n) is 3.68. The summed E-state index contributed by atoms with van der Waals surface area (Å²) in [6.07, 6.45) is 5.20. The average Bonchev–Trinajstić information content (AvgIpc) is 2.67. The Bertz CT molecular complexity index is 885. The molecule has 0 aliphatic rings. The lowest BCUT2D eigenvalue weighted by Gasteiger charge is -2.11. The average molecular weight is 398 g/mol. The minimum absolute atomic E-state index is 0.188. The highest BCUT2D eigenvalue weighted by Crippen LogP contribution is 2.23. The van der Waals surface area contributed by atoms with E-state index >= 15 is 0 Å². The van der Waals surface area contributed by atoms with Crippen molar-refractivity contribution in [2.75, 3.05) is 7.11 Å². The predicted octanol–water partition coefficient (Wildman–Crippen LogP) is 3.84. The fraction of sp³-hybridized carbons (Fsp3) is 0.105. The van der Waals surface area contributed by atoms with E-state index in [9.17, 15) is 4.79 Å². The molecule has 2 heterocycles. The first-order valence-electron chi connectivity index (χ1n) is 7.65. The number of amides is 1. The van der Waals surface area contributed by atoms with Crippen LogP contribution in [0.3, 0.4) is 0 Å². The van der Waals surface area contributed by atoms with E-state index in [1.54, 1.807) is 43.9 Å². The molecule has 0 unspecified atom stereocenters. The number of hydrogen-bond acceptors (Lipinski definition) is 4. The molecule has 0 fully saturated rings. The molecule has 0 aliphatic carbocycles. The predicted molar refractivity (Wildman–Crippen MR) is 99.3 cm³/mol. The van der Waals surface area contributed by atoms with Crippen LogP contribution in [-0.4, -0.2) is 23.0 Å². The van der Waals surface area contributed by atoms with Crippen molar-refractivity contribution in [2.45, 2.75) is 6.54 Å². The van der Waals surface area contributed by atoms with Gasteiger partial charge in [0, 0.05) is 35.2 Å². The van der Waals surface area contributed by atoms with Crippen LogP contribution >= 0.6 is 15.9 Å². The van der Waals surface area contributed by atoms with Gasteiger partial charge in [-0.3, -0.25) is 14.8 Å². The Morgan fingerprint density at radius 1 is 1.20 bits per heavy atom. The molecule has 1 N–H and O–H groups in total. The summed E-state index contributed by atoms with van der Waals surface area (Å²) in [5, 5.41) is 2.93. The van der Waals surface area contributed by atoms with E-state index in [-0.39, 0.29) is 5.91 Å². The van der Waals surface area contributed by atoms with Gasteiger partial charge in [0.05, 0.1) is 18.4 Å². The number of rotatable bonds is 5. The van der Waals surface area contributed by atoms with Crippen LogP contribution in [0.15, 0.2) is 65.5 Å². The number of carbonyl (C=O) groups is 1. The second kappa shape index (κ2) is 7.90. The van der Waals surface area contributed by atoms with Gasteiger partial charge in [0.2, 0.25) is 0 Å². The topological polar surface area (TPSA) is 64.1 Å². The zero-order valence-corrected chi connectivity index (χ0v) is 15.2. The second-order valence-corrected chi connectivity index (χ2v) is 6.14. The zero-order valence-electron chi connectivity index (χ0n) is 13.6. The van der Waals surface area contributed by atoms with Crippen LogP contribution in [0.1, 0.15) is 15.9 Å². The second-order valence-electron chi connectivity index (χ2n) is 5.28. The summed E-state index contributed by atoms with van der Waals surface area (Å²) >= 11 is 3.40. The number of nitrogens with zero attached hydrogens (tertiary/aromatic N) is 2. The van der Waals surface area contributed by atoms with Crippen molar-refractivity contribution in [3.63, 3.8) is 0 Å². The van der Waals surface area contributed by atoms with Crippen LogP contribution in [0, 0.1) is 0 Å². The van der Waals surface area contributed by atoms with Crippen molar-refractivity contribution < 1.29 is 9.53 Å². The smallest absolute Gasteiger partial charge is 0.252 e. The van der Waals surface area contributed by atoms with E-state index in [1.807, 2.05) is 24.3 Å². The molecular formula is C19H16BrN3O2. The number of methoxy groups -OCH3 is 1. The number of halogens is 1. The summed E-state index contributed by atoms with van der Waals surface area (Å²) in [6, 6.07) is 12.9. The highest BCUT2D eigenvalue weighted by molar-refractivity contribution is 9.10. The van der Waals surface area contributed by atoms with E-state index in [1.165, 1.54) is 0 Å². The molecule has 0 saturated carbocycles. The Balaban J connectivity index is 1.80. The normalized spacial score (nSPS) is 10.3. The van der Waals surface area contributed by atoms with Crippen molar-refractivity contribution in [3.8, 4) is 17.0 Å². The number of ether oxygens (including phenoxy) is 1. The van der Waals surface area contributed by atoms with Gasteiger partial charge in [-0.2, -0.15) is 0 Å². The van der Waals surface area contributed by atoms with Gasteiger partial charge in [0.1, 0.15) is 5.75 Å². The van der Waals surface area contributed by atoms with Gasteiger partial charge >= 0.3 is 0 Å². The first-order chi connectivity index (χ1) is 12.2. The maximum atomic E-state index is 12.5. The van der Waals surface area contributed by atoms with Crippen LogP contribution in [-0.2, 0) is 6.54 Å². The van der Waals surface area contributed by atoms with Gasteiger partial charge < -0.3 is 10.1 Å². The van der Waals surface area contributed by atoms with Gasteiger partial charge in [0.25, 0.3) is 5.91 Å². The maximum absolute atomic E-state index is 12.5. The molecule has 1 aromatic carbocycles. The van der Waals surface area contributed by atoms with Gasteiger partial charge in [-0.1, -0.05) is 6.07 Å². The summed E-state index contributed by atoms with van der Waals surface area (Å²) in [4.78, 5) is 21.1. The number of benzene rings is 1. The zero-order chi connectivity index (χ0) is 17.6. The Hall–Kier alpha value is -2.73. The molecule has 3 aromatic rings. The molecule has 3 rings (SSSR count). The van der Waals surface area contributed by atoms with Crippen LogP contribution in [0.4, 0.5) is 0 Å². The monoisotopic (exact) mass is 397 g/mol. The Kier molecular flexibility index (Phi) is 5.40. The van der Waals surface area contributed by atoms with Gasteiger partial charge in [-0.25, -0.2) is 0 Å². The number of aromatic nitrogens is 2. The molecule has 5 nitrogen and oxygen atoms in total. The standard InChI is InChI=1S/C19H16BrN3O2/c1-25-15-6-7-17(20)16(10-15)19(24)23-12-14-5-3-9-22-18(14)13-4-2-8-21-11-13/h2-11H,12H2,1H3,(H,23,24). The van der Waals surface area contributed by atoms with E-state index < -0.39 is 0 Å². The molecule has 2 aromatic heterocycles. The minimum atomic E-state index is -0.188. The van der Waals surface area contributed by atoms with Crippen LogP contribution in [0.5, 0.6) is 5.75 Å². The van der Waals surface area contributed by atoms with Crippen LogP contribution in [0.25, 0.3) is 11.3 Å². The molecule has 0 aliphatic heterocycles. The Labute approximate surface area is 154 Å². The third kappa shape index (κ3) is 4.03. The quantitative estimate of drug-likeness (QED) is 0.709. The molecular weight excluding hydrogens is 382 g/mol. The lowest BCUT2D eigenvalue weighted by atomic mass is 10.1. The van der Waals surface area contributed by atoms with Crippen molar-refractivity contribution in [1.82, 2.24) is 15.3 Å². The fourth-order valence-corrected chi connectivity index (χ4v) is 2.85. The highest BCUT2D eigenvalue weighted by atomic mass is 79.9. The summed E-state index contributed by atoms with van der Waals surface area (Å²) in [5.41, 5.74) is 3.16. The third-order valence-corrected chi connectivity index (χ3v) is 4.38. The van der Waals surface area contributed by atoms with E-state index in [4.69, 9.17) is 4.74 Å². The number of hydrogen-bond donors (Lipinski definition) is 1. The molecule has 6 heteroatoms. The Morgan fingerprint density at radius 3 is 2.80 bits per heavy atom. The van der Waals surface area contributed by atoms with E-state index in [0.717, 1.165) is 16.8 Å². The highest BCUT2D eigenvalue weighted by Gasteiger charge is 2.13. The summed E-state index contributed by atoms with van der Waals surface area (Å²) < 4.78 is 5.89.